The number of hydrogen-bond acceptors (Lipinski definition) is 3. The Morgan fingerprint density at radius 1 is 1.08 bits per heavy atom. The molecule has 1 N–H and O–H groups in total. The monoisotopic (exact) mass is 350 g/mol. The second-order valence-corrected chi connectivity index (χ2v) is 6.74. The lowest BCUT2D eigenvalue weighted by atomic mass is 10.0. The molecule has 0 atom stereocenters. The van der Waals surface area contributed by atoms with Gasteiger partial charge in [-0.2, -0.15) is 0 Å². The molecule has 2 aromatic carbocycles. The summed E-state index contributed by atoms with van der Waals surface area (Å²) in [6.45, 7) is 1.28. The van der Waals surface area contributed by atoms with Crippen LogP contribution in [0.4, 0.5) is 11.4 Å². The molecular formula is C21H22N2O3. The second-order valence-electron chi connectivity index (χ2n) is 6.74. The lowest BCUT2D eigenvalue weighted by Crippen LogP contribution is -2.28. The molecule has 2 heterocycles. The summed E-state index contributed by atoms with van der Waals surface area (Å²) in [5, 5.41) is 2.86. The first-order chi connectivity index (χ1) is 12.7. The van der Waals surface area contributed by atoms with Crippen molar-refractivity contribution in [2.24, 2.45) is 0 Å². The van der Waals surface area contributed by atoms with Crippen molar-refractivity contribution >= 4 is 23.2 Å². The normalized spacial score (nSPS) is 15.2. The highest BCUT2D eigenvalue weighted by atomic mass is 16.5. The van der Waals surface area contributed by atoms with Crippen LogP contribution in [0.25, 0.3) is 0 Å². The fourth-order valence-corrected chi connectivity index (χ4v) is 3.60. The average molecular weight is 350 g/mol. The fourth-order valence-electron chi connectivity index (χ4n) is 3.60. The van der Waals surface area contributed by atoms with Gasteiger partial charge in [-0.05, 0) is 54.7 Å². The second kappa shape index (κ2) is 7.20. The van der Waals surface area contributed by atoms with Gasteiger partial charge < -0.3 is 15.0 Å². The molecule has 2 aromatic rings. The van der Waals surface area contributed by atoms with Gasteiger partial charge in [0, 0.05) is 30.8 Å². The minimum absolute atomic E-state index is 0.0631. The van der Waals surface area contributed by atoms with Gasteiger partial charge in [0.2, 0.25) is 11.8 Å². The van der Waals surface area contributed by atoms with Crippen molar-refractivity contribution in [3.8, 4) is 5.75 Å². The maximum absolute atomic E-state index is 12.5. The molecule has 4 rings (SSSR count). The molecule has 0 bridgehead atoms. The van der Waals surface area contributed by atoms with Crippen molar-refractivity contribution in [2.75, 3.05) is 23.4 Å². The largest absolute Gasteiger partial charge is 0.494 e. The van der Waals surface area contributed by atoms with E-state index >= 15 is 0 Å². The van der Waals surface area contributed by atoms with E-state index in [0.29, 0.717) is 25.9 Å². The van der Waals surface area contributed by atoms with Gasteiger partial charge >= 0.3 is 0 Å². The number of ether oxygens (including phenoxy) is 1. The molecular weight excluding hydrogens is 328 g/mol. The van der Waals surface area contributed by atoms with Crippen LogP contribution in [0.2, 0.25) is 0 Å². The van der Waals surface area contributed by atoms with Crippen LogP contribution in [-0.4, -0.2) is 25.0 Å². The predicted octanol–water partition coefficient (Wildman–Crippen LogP) is 3.32. The molecule has 26 heavy (non-hydrogen) atoms. The molecule has 0 aromatic heterocycles. The van der Waals surface area contributed by atoms with Crippen LogP contribution >= 0.6 is 0 Å². The molecule has 0 fully saturated rings. The zero-order valence-corrected chi connectivity index (χ0v) is 14.7. The van der Waals surface area contributed by atoms with Gasteiger partial charge in [-0.25, -0.2) is 0 Å². The Morgan fingerprint density at radius 3 is 2.88 bits per heavy atom. The smallest absolute Gasteiger partial charge is 0.227 e. The Hall–Kier alpha value is -2.82. The number of amides is 2. The Bertz CT molecular complexity index is 847. The third-order valence-corrected chi connectivity index (χ3v) is 4.96. The van der Waals surface area contributed by atoms with Crippen LogP contribution in [0.3, 0.4) is 0 Å². The van der Waals surface area contributed by atoms with E-state index in [2.05, 4.69) is 11.4 Å². The summed E-state index contributed by atoms with van der Waals surface area (Å²) < 4.78 is 5.80. The van der Waals surface area contributed by atoms with Crippen molar-refractivity contribution in [3.63, 3.8) is 0 Å². The zero-order chi connectivity index (χ0) is 17.9. The van der Waals surface area contributed by atoms with E-state index in [1.54, 1.807) is 0 Å². The number of aryl methyl sites for hydroxylation is 1. The highest BCUT2D eigenvalue weighted by molar-refractivity contribution is 5.95. The summed E-state index contributed by atoms with van der Waals surface area (Å²) >= 11 is 0. The molecule has 0 unspecified atom stereocenters. The summed E-state index contributed by atoms with van der Waals surface area (Å²) in [7, 11) is 0. The predicted molar refractivity (Wildman–Crippen MR) is 101 cm³/mol. The van der Waals surface area contributed by atoms with E-state index in [-0.39, 0.29) is 11.8 Å². The van der Waals surface area contributed by atoms with E-state index in [9.17, 15) is 9.59 Å². The molecule has 5 nitrogen and oxygen atoms in total. The SMILES string of the molecule is O=C1CCc2cc(OCCCC(=O)N3CCc4ccccc43)ccc2N1. The van der Waals surface area contributed by atoms with Gasteiger partial charge in [-0.1, -0.05) is 18.2 Å². The highest BCUT2D eigenvalue weighted by Gasteiger charge is 2.23. The average Bonchev–Trinajstić information content (AvgIpc) is 3.09. The van der Waals surface area contributed by atoms with E-state index in [0.717, 1.165) is 42.1 Å². The van der Waals surface area contributed by atoms with E-state index < -0.39 is 0 Å². The molecule has 0 spiro atoms. The number of carbonyl (C=O) groups excluding carboxylic acids is 2. The lowest BCUT2D eigenvalue weighted by Gasteiger charge is -2.18. The Balaban J connectivity index is 1.27. The van der Waals surface area contributed by atoms with Gasteiger partial charge in [0.15, 0.2) is 0 Å². The molecule has 0 saturated carbocycles. The topological polar surface area (TPSA) is 58.6 Å². The molecule has 2 aliphatic heterocycles. The minimum atomic E-state index is 0.0631. The van der Waals surface area contributed by atoms with Gasteiger partial charge in [0.1, 0.15) is 5.75 Å². The van der Waals surface area contributed by atoms with Crippen molar-refractivity contribution in [1.82, 2.24) is 0 Å². The summed E-state index contributed by atoms with van der Waals surface area (Å²) in [6.07, 6.45) is 3.36. The number of rotatable bonds is 5. The van der Waals surface area contributed by atoms with Gasteiger partial charge in [0.05, 0.1) is 6.61 Å². The molecule has 0 aliphatic carbocycles. The number of fused-ring (bicyclic) bond motifs is 2. The number of nitrogens with one attached hydrogen (secondary N) is 1. The van der Waals surface area contributed by atoms with Crippen molar-refractivity contribution in [1.29, 1.82) is 0 Å². The quantitative estimate of drug-likeness (QED) is 0.842. The standard InChI is InChI=1S/C21H22N2O3/c24-20-10-7-16-14-17(8-9-18(16)22-20)26-13-3-6-21(25)23-12-11-15-4-1-2-5-19(15)23/h1-2,4-5,8-9,14H,3,6-7,10-13H2,(H,22,24). The molecule has 0 radical (unpaired) electrons. The number of para-hydroxylation sites is 1. The van der Waals surface area contributed by atoms with Crippen LogP contribution < -0.4 is 15.0 Å². The highest BCUT2D eigenvalue weighted by Crippen LogP contribution is 2.29. The minimum Gasteiger partial charge on any atom is -0.494 e. The molecule has 2 aliphatic rings. The summed E-state index contributed by atoms with van der Waals surface area (Å²) in [5.41, 5.74) is 4.27. The van der Waals surface area contributed by atoms with E-state index in [4.69, 9.17) is 4.74 Å². The van der Waals surface area contributed by atoms with Gasteiger partial charge in [0.25, 0.3) is 0 Å². The summed E-state index contributed by atoms with van der Waals surface area (Å²) in [6, 6.07) is 13.8. The summed E-state index contributed by atoms with van der Waals surface area (Å²) in [5.74, 6) is 1.01. The Morgan fingerprint density at radius 2 is 1.96 bits per heavy atom. The van der Waals surface area contributed by atoms with Crippen molar-refractivity contribution in [3.05, 3.63) is 53.6 Å². The van der Waals surface area contributed by atoms with Crippen LogP contribution in [0.15, 0.2) is 42.5 Å². The van der Waals surface area contributed by atoms with Crippen LogP contribution in [0.5, 0.6) is 5.75 Å². The lowest BCUT2D eigenvalue weighted by molar-refractivity contribution is -0.119. The number of anilines is 2. The number of carbonyl (C=O) groups is 2. The van der Waals surface area contributed by atoms with Crippen LogP contribution in [-0.2, 0) is 22.4 Å². The number of hydrogen-bond donors (Lipinski definition) is 1. The maximum Gasteiger partial charge on any atom is 0.227 e. The first kappa shape index (κ1) is 16.6. The first-order valence-electron chi connectivity index (χ1n) is 9.14. The Labute approximate surface area is 153 Å². The molecule has 2 amide bonds. The fraction of sp³-hybridized carbons (Fsp3) is 0.333. The number of benzene rings is 2. The third-order valence-electron chi connectivity index (χ3n) is 4.96. The van der Waals surface area contributed by atoms with E-state index in [1.807, 2.05) is 41.3 Å². The molecule has 134 valence electrons. The molecule has 5 heteroatoms. The van der Waals surface area contributed by atoms with Gasteiger partial charge in [-0.3, -0.25) is 9.59 Å². The molecule has 0 saturated heterocycles. The van der Waals surface area contributed by atoms with E-state index in [1.165, 1.54) is 5.56 Å². The third kappa shape index (κ3) is 3.43. The van der Waals surface area contributed by atoms with Gasteiger partial charge in [-0.15, -0.1) is 0 Å². The first-order valence-corrected chi connectivity index (χ1v) is 9.14. The maximum atomic E-state index is 12.5. The van der Waals surface area contributed by atoms with Crippen LogP contribution in [0, 0.1) is 0 Å². The summed E-state index contributed by atoms with van der Waals surface area (Å²) in [4.78, 5) is 25.8. The van der Waals surface area contributed by atoms with Crippen molar-refractivity contribution < 1.29 is 14.3 Å². The Kier molecular flexibility index (Phi) is 4.61. The van der Waals surface area contributed by atoms with Crippen LogP contribution in [0.1, 0.15) is 30.4 Å². The number of nitrogens with zero attached hydrogens (tertiary/aromatic N) is 1. The van der Waals surface area contributed by atoms with Crippen molar-refractivity contribution in [2.45, 2.75) is 32.1 Å². The zero-order valence-electron chi connectivity index (χ0n) is 14.7.